The molecule has 2 aromatic heterocycles. The third-order valence-electron chi connectivity index (χ3n) is 3.70. The van der Waals surface area contributed by atoms with E-state index in [1.807, 2.05) is 25.1 Å². The topological polar surface area (TPSA) is 53.9 Å². The molecule has 0 unspecified atom stereocenters. The van der Waals surface area contributed by atoms with E-state index in [0.29, 0.717) is 0 Å². The number of nitrogens with one attached hydrogen (secondary N) is 1. The van der Waals surface area contributed by atoms with Crippen molar-refractivity contribution in [1.82, 2.24) is 15.0 Å². The minimum absolute atomic E-state index is 0.748. The average Bonchev–Trinajstić information content (AvgIpc) is 2.54. The molecular weight excluding hydrogens is 262 g/mol. The number of piperidine rings is 1. The summed E-state index contributed by atoms with van der Waals surface area (Å²) in [5, 5.41) is 3.38. The van der Waals surface area contributed by atoms with Gasteiger partial charge in [-0.25, -0.2) is 4.98 Å². The van der Waals surface area contributed by atoms with Crippen LogP contribution in [0.2, 0.25) is 0 Å². The Morgan fingerprint density at radius 2 is 1.86 bits per heavy atom. The van der Waals surface area contributed by atoms with Gasteiger partial charge in [-0.05, 0) is 43.9 Å². The van der Waals surface area contributed by atoms with E-state index in [2.05, 4.69) is 25.2 Å². The number of aryl methyl sites for hydroxylation is 1. The third kappa shape index (κ3) is 3.68. The molecule has 110 valence electrons. The van der Waals surface area contributed by atoms with Gasteiger partial charge in [-0.2, -0.15) is 4.98 Å². The van der Waals surface area contributed by atoms with Gasteiger partial charge in [0.1, 0.15) is 5.82 Å². The van der Waals surface area contributed by atoms with E-state index in [4.69, 9.17) is 0 Å². The molecule has 21 heavy (non-hydrogen) atoms. The number of rotatable bonds is 4. The summed E-state index contributed by atoms with van der Waals surface area (Å²) in [5.74, 6) is 1.74. The van der Waals surface area contributed by atoms with Crippen LogP contribution in [0.1, 0.15) is 30.5 Å². The first-order valence-electron chi connectivity index (χ1n) is 7.55. The summed E-state index contributed by atoms with van der Waals surface area (Å²) in [7, 11) is 0. The minimum Gasteiger partial charge on any atom is -0.366 e. The molecule has 1 aliphatic heterocycles. The predicted octanol–water partition coefficient (Wildman–Crippen LogP) is 2.78. The van der Waals surface area contributed by atoms with E-state index in [1.165, 1.54) is 24.8 Å². The second-order valence-corrected chi connectivity index (χ2v) is 5.45. The fourth-order valence-electron chi connectivity index (χ4n) is 2.57. The number of hydrogen-bond donors (Lipinski definition) is 1. The Labute approximate surface area is 125 Å². The van der Waals surface area contributed by atoms with Crippen molar-refractivity contribution in [3.05, 3.63) is 41.9 Å². The first-order valence-corrected chi connectivity index (χ1v) is 7.55. The Bertz CT molecular complexity index is 578. The molecule has 0 spiro atoms. The maximum atomic E-state index is 4.66. The molecule has 1 fully saturated rings. The molecule has 0 bridgehead atoms. The van der Waals surface area contributed by atoms with Crippen molar-refractivity contribution in [3.63, 3.8) is 0 Å². The van der Waals surface area contributed by atoms with Gasteiger partial charge in [-0.3, -0.25) is 4.98 Å². The van der Waals surface area contributed by atoms with Crippen molar-refractivity contribution in [2.45, 2.75) is 32.7 Å². The highest BCUT2D eigenvalue weighted by Gasteiger charge is 2.14. The standard InChI is InChI=1S/C16H21N5/c1-13-11-15(18-12-14-5-7-17-8-6-14)20-16(19-13)21-9-3-2-4-10-21/h5-8,11H,2-4,9-10,12H2,1H3,(H,18,19,20). The Morgan fingerprint density at radius 1 is 1.10 bits per heavy atom. The van der Waals surface area contributed by atoms with Crippen LogP contribution in [0.25, 0.3) is 0 Å². The monoisotopic (exact) mass is 283 g/mol. The number of hydrogen-bond acceptors (Lipinski definition) is 5. The summed E-state index contributed by atoms with van der Waals surface area (Å²) in [6.45, 7) is 4.89. The molecule has 0 atom stereocenters. The molecule has 2 aromatic rings. The summed E-state index contributed by atoms with van der Waals surface area (Å²) < 4.78 is 0. The lowest BCUT2D eigenvalue weighted by molar-refractivity contribution is 0.568. The van der Waals surface area contributed by atoms with Gasteiger partial charge in [0, 0.05) is 43.8 Å². The molecule has 1 saturated heterocycles. The van der Waals surface area contributed by atoms with E-state index in [1.54, 1.807) is 12.4 Å². The predicted molar refractivity (Wildman–Crippen MR) is 84.4 cm³/mol. The molecular formula is C16H21N5. The van der Waals surface area contributed by atoms with E-state index >= 15 is 0 Å². The lowest BCUT2D eigenvalue weighted by atomic mass is 10.1. The zero-order chi connectivity index (χ0) is 14.5. The summed E-state index contributed by atoms with van der Waals surface area (Å²) in [4.78, 5) is 15.6. The number of nitrogens with zero attached hydrogens (tertiary/aromatic N) is 4. The normalized spacial score (nSPS) is 15.0. The average molecular weight is 283 g/mol. The first kappa shape index (κ1) is 13.8. The van der Waals surface area contributed by atoms with Crippen LogP contribution < -0.4 is 10.2 Å². The van der Waals surface area contributed by atoms with Crippen LogP contribution in [0.3, 0.4) is 0 Å². The molecule has 0 radical (unpaired) electrons. The lowest BCUT2D eigenvalue weighted by Gasteiger charge is -2.27. The van der Waals surface area contributed by atoms with Crippen LogP contribution in [0.4, 0.5) is 11.8 Å². The van der Waals surface area contributed by atoms with E-state index < -0.39 is 0 Å². The largest absolute Gasteiger partial charge is 0.366 e. The van der Waals surface area contributed by atoms with Crippen LogP contribution in [-0.2, 0) is 6.54 Å². The van der Waals surface area contributed by atoms with E-state index in [9.17, 15) is 0 Å². The number of aromatic nitrogens is 3. The number of pyridine rings is 1. The molecule has 0 aromatic carbocycles. The Morgan fingerprint density at radius 3 is 2.62 bits per heavy atom. The molecule has 5 nitrogen and oxygen atoms in total. The third-order valence-corrected chi connectivity index (χ3v) is 3.70. The summed E-state index contributed by atoms with van der Waals surface area (Å²) >= 11 is 0. The SMILES string of the molecule is Cc1cc(NCc2ccncc2)nc(N2CCCCC2)n1. The number of anilines is 2. The van der Waals surface area contributed by atoms with Crippen LogP contribution in [0, 0.1) is 6.92 Å². The second-order valence-electron chi connectivity index (χ2n) is 5.45. The van der Waals surface area contributed by atoms with Crippen LogP contribution in [0.5, 0.6) is 0 Å². The lowest BCUT2D eigenvalue weighted by Crippen LogP contribution is -2.31. The Kier molecular flexibility index (Phi) is 4.28. The highest BCUT2D eigenvalue weighted by molar-refractivity contribution is 5.44. The van der Waals surface area contributed by atoms with E-state index in [0.717, 1.165) is 37.1 Å². The minimum atomic E-state index is 0.748. The molecule has 3 heterocycles. The summed E-state index contributed by atoms with van der Waals surface area (Å²) in [5.41, 5.74) is 2.20. The molecule has 5 heteroatoms. The fourth-order valence-corrected chi connectivity index (χ4v) is 2.57. The van der Waals surface area contributed by atoms with Gasteiger partial charge in [-0.15, -0.1) is 0 Å². The molecule has 1 N–H and O–H groups in total. The van der Waals surface area contributed by atoms with Gasteiger partial charge < -0.3 is 10.2 Å². The first-order chi connectivity index (χ1) is 10.3. The van der Waals surface area contributed by atoms with Crippen molar-refractivity contribution < 1.29 is 0 Å². The summed E-state index contributed by atoms with van der Waals surface area (Å²) in [6, 6.07) is 6.01. The smallest absolute Gasteiger partial charge is 0.227 e. The van der Waals surface area contributed by atoms with Gasteiger partial charge in [0.05, 0.1) is 0 Å². The van der Waals surface area contributed by atoms with Gasteiger partial charge in [0.25, 0.3) is 0 Å². The van der Waals surface area contributed by atoms with Crippen molar-refractivity contribution >= 4 is 11.8 Å². The molecule has 1 aliphatic rings. The van der Waals surface area contributed by atoms with Crippen molar-refractivity contribution in [1.29, 1.82) is 0 Å². The second kappa shape index (κ2) is 6.52. The quantitative estimate of drug-likeness (QED) is 0.935. The van der Waals surface area contributed by atoms with Crippen LogP contribution >= 0.6 is 0 Å². The van der Waals surface area contributed by atoms with Crippen LogP contribution in [-0.4, -0.2) is 28.0 Å². The van der Waals surface area contributed by atoms with Crippen LogP contribution in [0.15, 0.2) is 30.6 Å². The van der Waals surface area contributed by atoms with Crippen molar-refractivity contribution in [3.8, 4) is 0 Å². The fraction of sp³-hybridized carbons (Fsp3) is 0.438. The zero-order valence-corrected chi connectivity index (χ0v) is 12.4. The molecule has 0 amide bonds. The molecule has 3 rings (SSSR count). The van der Waals surface area contributed by atoms with E-state index in [-0.39, 0.29) is 0 Å². The molecule has 0 saturated carbocycles. The summed E-state index contributed by atoms with van der Waals surface area (Å²) in [6.07, 6.45) is 7.40. The van der Waals surface area contributed by atoms with Gasteiger partial charge >= 0.3 is 0 Å². The van der Waals surface area contributed by atoms with Crippen molar-refractivity contribution in [2.75, 3.05) is 23.3 Å². The Hall–Kier alpha value is -2.17. The zero-order valence-electron chi connectivity index (χ0n) is 12.4. The molecule has 0 aliphatic carbocycles. The maximum absolute atomic E-state index is 4.66. The van der Waals surface area contributed by atoms with Gasteiger partial charge in [-0.1, -0.05) is 0 Å². The highest BCUT2D eigenvalue weighted by Crippen LogP contribution is 2.18. The maximum Gasteiger partial charge on any atom is 0.227 e. The van der Waals surface area contributed by atoms with Gasteiger partial charge in [0.15, 0.2) is 0 Å². The van der Waals surface area contributed by atoms with Gasteiger partial charge in [0.2, 0.25) is 5.95 Å². The van der Waals surface area contributed by atoms with Crippen molar-refractivity contribution in [2.24, 2.45) is 0 Å². The Balaban J connectivity index is 1.71. The highest BCUT2D eigenvalue weighted by atomic mass is 15.3.